The van der Waals surface area contributed by atoms with Crippen molar-refractivity contribution in [3.63, 3.8) is 0 Å². The molecule has 0 radical (unpaired) electrons. The van der Waals surface area contributed by atoms with Crippen LogP contribution in [0, 0.1) is 16.0 Å². The number of rotatable bonds is 6. The van der Waals surface area contributed by atoms with Crippen molar-refractivity contribution in [2.75, 3.05) is 19.0 Å². The minimum atomic E-state index is -0.551. The van der Waals surface area contributed by atoms with E-state index in [9.17, 15) is 10.1 Å². The van der Waals surface area contributed by atoms with Gasteiger partial charge in [0.25, 0.3) is 5.88 Å². The second kappa shape index (κ2) is 5.97. The Morgan fingerprint density at radius 2 is 2.29 bits per heavy atom. The van der Waals surface area contributed by atoms with Crippen molar-refractivity contribution < 1.29 is 9.66 Å². The molecule has 0 aromatic carbocycles. The van der Waals surface area contributed by atoms with Gasteiger partial charge in [-0.2, -0.15) is 4.98 Å². The lowest BCUT2D eigenvalue weighted by Crippen LogP contribution is -2.07. The summed E-state index contributed by atoms with van der Waals surface area (Å²) in [5, 5.41) is 13.5. The van der Waals surface area contributed by atoms with Crippen LogP contribution in [0.15, 0.2) is 6.20 Å². The highest BCUT2D eigenvalue weighted by molar-refractivity contribution is 5.42. The molecule has 0 aliphatic rings. The molecule has 0 amide bonds. The summed E-state index contributed by atoms with van der Waals surface area (Å²) >= 11 is 0. The maximum atomic E-state index is 10.7. The number of aromatic nitrogens is 2. The van der Waals surface area contributed by atoms with E-state index in [0.29, 0.717) is 18.5 Å². The number of nitrogens with one attached hydrogen (secondary N) is 1. The van der Waals surface area contributed by atoms with Crippen LogP contribution in [0.25, 0.3) is 0 Å². The van der Waals surface area contributed by atoms with Crippen LogP contribution in [0.3, 0.4) is 0 Å². The SMILES string of the molecule is CNc1ncc([N+](=O)[O-])c(OCCC(C)C)n1. The molecule has 94 valence electrons. The minimum Gasteiger partial charge on any atom is -0.473 e. The molecule has 1 heterocycles. The molecule has 0 saturated heterocycles. The van der Waals surface area contributed by atoms with E-state index in [1.807, 2.05) is 0 Å². The standard InChI is InChI=1S/C10H16N4O3/c1-7(2)4-5-17-9-8(14(15)16)6-12-10(11-3)13-9/h6-7H,4-5H2,1-3H3,(H,11,12,13). The highest BCUT2D eigenvalue weighted by atomic mass is 16.6. The number of nitrogens with zero attached hydrogens (tertiary/aromatic N) is 3. The first-order valence-electron chi connectivity index (χ1n) is 5.36. The second-order valence-electron chi connectivity index (χ2n) is 3.92. The Morgan fingerprint density at radius 1 is 1.59 bits per heavy atom. The number of hydrogen-bond acceptors (Lipinski definition) is 6. The summed E-state index contributed by atoms with van der Waals surface area (Å²) in [5.74, 6) is 0.782. The fourth-order valence-electron chi connectivity index (χ4n) is 1.10. The normalized spacial score (nSPS) is 10.4. The van der Waals surface area contributed by atoms with Gasteiger partial charge in [0.05, 0.1) is 11.5 Å². The van der Waals surface area contributed by atoms with Gasteiger partial charge >= 0.3 is 5.69 Å². The third kappa shape index (κ3) is 3.86. The van der Waals surface area contributed by atoms with Crippen molar-refractivity contribution in [1.29, 1.82) is 0 Å². The van der Waals surface area contributed by atoms with Crippen LogP contribution in [0.5, 0.6) is 5.88 Å². The molecule has 0 spiro atoms. The first-order valence-corrected chi connectivity index (χ1v) is 5.36. The first kappa shape index (κ1) is 13.1. The Balaban J connectivity index is 2.82. The first-order chi connectivity index (χ1) is 8.04. The molecule has 0 bridgehead atoms. The zero-order valence-corrected chi connectivity index (χ0v) is 10.1. The van der Waals surface area contributed by atoms with Crippen molar-refractivity contribution in [3.05, 3.63) is 16.3 Å². The van der Waals surface area contributed by atoms with Crippen molar-refractivity contribution in [2.45, 2.75) is 20.3 Å². The quantitative estimate of drug-likeness (QED) is 0.602. The van der Waals surface area contributed by atoms with Crippen molar-refractivity contribution in [2.24, 2.45) is 5.92 Å². The van der Waals surface area contributed by atoms with Gasteiger partial charge in [-0.05, 0) is 12.3 Å². The van der Waals surface area contributed by atoms with E-state index in [1.165, 1.54) is 0 Å². The summed E-state index contributed by atoms with van der Waals surface area (Å²) in [5.41, 5.74) is -0.215. The summed E-state index contributed by atoms with van der Waals surface area (Å²) < 4.78 is 5.32. The highest BCUT2D eigenvalue weighted by Crippen LogP contribution is 2.24. The Bertz CT molecular complexity index is 395. The molecular weight excluding hydrogens is 224 g/mol. The van der Waals surface area contributed by atoms with E-state index in [-0.39, 0.29) is 11.6 Å². The van der Waals surface area contributed by atoms with E-state index in [1.54, 1.807) is 7.05 Å². The van der Waals surface area contributed by atoms with Gasteiger partial charge in [0.2, 0.25) is 5.95 Å². The summed E-state index contributed by atoms with van der Waals surface area (Å²) in [4.78, 5) is 17.9. The Labute approximate surface area is 99.4 Å². The molecule has 0 saturated carbocycles. The van der Waals surface area contributed by atoms with E-state index >= 15 is 0 Å². The highest BCUT2D eigenvalue weighted by Gasteiger charge is 2.18. The van der Waals surface area contributed by atoms with Crippen LogP contribution in [-0.2, 0) is 0 Å². The van der Waals surface area contributed by atoms with Crippen LogP contribution < -0.4 is 10.1 Å². The maximum Gasteiger partial charge on any atom is 0.349 e. The van der Waals surface area contributed by atoms with Gasteiger partial charge in [0, 0.05) is 7.05 Å². The van der Waals surface area contributed by atoms with Gasteiger partial charge in [0.15, 0.2) is 0 Å². The minimum absolute atomic E-state index is 0.00926. The molecule has 0 unspecified atom stereocenters. The molecule has 1 rings (SSSR count). The average molecular weight is 240 g/mol. The van der Waals surface area contributed by atoms with Gasteiger partial charge in [-0.3, -0.25) is 10.1 Å². The second-order valence-corrected chi connectivity index (χ2v) is 3.92. The molecule has 0 aliphatic carbocycles. The molecule has 1 aromatic heterocycles. The average Bonchev–Trinajstić information content (AvgIpc) is 2.28. The third-order valence-corrected chi connectivity index (χ3v) is 2.09. The lowest BCUT2D eigenvalue weighted by atomic mass is 10.1. The molecule has 0 fully saturated rings. The van der Waals surface area contributed by atoms with Gasteiger partial charge in [0.1, 0.15) is 6.20 Å². The van der Waals surface area contributed by atoms with E-state index < -0.39 is 4.92 Å². The summed E-state index contributed by atoms with van der Waals surface area (Å²) in [6, 6.07) is 0. The van der Waals surface area contributed by atoms with Gasteiger partial charge < -0.3 is 10.1 Å². The van der Waals surface area contributed by atoms with Crippen LogP contribution in [-0.4, -0.2) is 28.5 Å². The van der Waals surface area contributed by atoms with Crippen LogP contribution in [0.4, 0.5) is 11.6 Å². The third-order valence-electron chi connectivity index (χ3n) is 2.09. The molecular formula is C10H16N4O3. The molecule has 7 heteroatoms. The predicted molar refractivity (Wildman–Crippen MR) is 63.2 cm³/mol. The number of ether oxygens (including phenoxy) is 1. The topological polar surface area (TPSA) is 90.2 Å². The summed E-state index contributed by atoms with van der Waals surface area (Å²) in [6.07, 6.45) is 1.96. The number of hydrogen-bond donors (Lipinski definition) is 1. The van der Waals surface area contributed by atoms with Gasteiger partial charge in [-0.15, -0.1) is 0 Å². The molecule has 1 N–H and O–H groups in total. The number of anilines is 1. The fourth-order valence-corrected chi connectivity index (χ4v) is 1.10. The van der Waals surface area contributed by atoms with E-state index in [0.717, 1.165) is 12.6 Å². The Hall–Kier alpha value is -1.92. The Kier molecular flexibility index (Phi) is 4.62. The predicted octanol–water partition coefficient (Wildman–Crippen LogP) is 1.85. The van der Waals surface area contributed by atoms with E-state index in [4.69, 9.17) is 4.74 Å². The van der Waals surface area contributed by atoms with Crippen molar-refractivity contribution in [3.8, 4) is 5.88 Å². The lowest BCUT2D eigenvalue weighted by Gasteiger charge is -2.08. The molecule has 17 heavy (non-hydrogen) atoms. The Morgan fingerprint density at radius 3 is 2.82 bits per heavy atom. The van der Waals surface area contributed by atoms with Crippen molar-refractivity contribution >= 4 is 11.6 Å². The van der Waals surface area contributed by atoms with Crippen LogP contribution >= 0.6 is 0 Å². The smallest absolute Gasteiger partial charge is 0.349 e. The van der Waals surface area contributed by atoms with Crippen LogP contribution in [0.2, 0.25) is 0 Å². The fraction of sp³-hybridized carbons (Fsp3) is 0.600. The lowest BCUT2D eigenvalue weighted by molar-refractivity contribution is -0.386. The molecule has 7 nitrogen and oxygen atoms in total. The zero-order chi connectivity index (χ0) is 12.8. The van der Waals surface area contributed by atoms with Gasteiger partial charge in [-0.25, -0.2) is 4.98 Å². The molecule has 0 atom stereocenters. The maximum absolute atomic E-state index is 10.7. The van der Waals surface area contributed by atoms with Crippen molar-refractivity contribution in [1.82, 2.24) is 9.97 Å². The number of nitro groups is 1. The van der Waals surface area contributed by atoms with E-state index in [2.05, 4.69) is 29.1 Å². The van der Waals surface area contributed by atoms with Crippen LogP contribution in [0.1, 0.15) is 20.3 Å². The van der Waals surface area contributed by atoms with Gasteiger partial charge in [-0.1, -0.05) is 13.8 Å². The monoisotopic (exact) mass is 240 g/mol. The zero-order valence-electron chi connectivity index (χ0n) is 10.1. The summed E-state index contributed by atoms with van der Waals surface area (Å²) in [7, 11) is 1.64. The molecule has 1 aromatic rings. The molecule has 0 aliphatic heterocycles. The summed E-state index contributed by atoms with van der Waals surface area (Å²) in [6.45, 7) is 4.51. The largest absolute Gasteiger partial charge is 0.473 e.